The van der Waals surface area contributed by atoms with Gasteiger partial charge in [0.05, 0.1) is 18.8 Å². The summed E-state index contributed by atoms with van der Waals surface area (Å²) in [5, 5.41) is 38.5. The zero-order chi connectivity index (χ0) is 15.0. The van der Waals surface area contributed by atoms with Gasteiger partial charge in [-0.25, -0.2) is 0 Å². The van der Waals surface area contributed by atoms with E-state index in [1.807, 2.05) is 4.90 Å². The number of hydrogen-bond acceptors (Lipinski definition) is 5. The molecule has 1 rings (SSSR count). The van der Waals surface area contributed by atoms with Crippen LogP contribution in [0, 0.1) is 0 Å². The van der Waals surface area contributed by atoms with Gasteiger partial charge in [0, 0.05) is 6.54 Å². The molecule has 0 aromatic heterocycles. The molecule has 0 aromatic rings. The fourth-order valence-electron chi connectivity index (χ4n) is 2.91. The molecule has 20 heavy (non-hydrogen) atoms. The van der Waals surface area contributed by atoms with Crippen molar-refractivity contribution < 1.29 is 20.4 Å². The highest BCUT2D eigenvalue weighted by Gasteiger charge is 2.40. The van der Waals surface area contributed by atoms with Gasteiger partial charge in [-0.3, -0.25) is 4.90 Å². The van der Waals surface area contributed by atoms with Gasteiger partial charge in [-0.2, -0.15) is 0 Å². The van der Waals surface area contributed by atoms with Crippen molar-refractivity contribution in [2.45, 2.75) is 76.2 Å². The zero-order valence-electron chi connectivity index (χ0n) is 12.6. The lowest BCUT2D eigenvalue weighted by molar-refractivity contribution is -0.145. The van der Waals surface area contributed by atoms with Crippen molar-refractivity contribution in [2.75, 3.05) is 19.7 Å². The predicted octanol–water partition coefficient (Wildman–Crippen LogP) is 0.496. The summed E-state index contributed by atoms with van der Waals surface area (Å²) in [5.74, 6) is 0. The summed E-state index contributed by atoms with van der Waals surface area (Å²) in [6, 6.07) is -0.464. The third-order valence-corrected chi connectivity index (χ3v) is 4.26. The van der Waals surface area contributed by atoms with Crippen LogP contribution < -0.4 is 0 Å². The van der Waals surface area contributed by atoms with Crippen molar-refractivity contribution in [3.05, 3.63) is 0 Å². The highest BCUT2D eigenvalue weighted by atomic mass is 16.4. The zero-order valence-corrected chi connectivity index (χ0v) is 12.6. The number of piperidine rings is 1. The molecule has 0 radical (unpaired) electrons. The molecule has 0 aliphatic carbocycles. The van der Waals surface area contributed by atoms with Crippen LogP contribution in [-0.2, 0) is 0 Å². The molecule has 4 N–H and O–H groups in total. The first kappa shape index (κ1) is 17.9. The molecule has 4 atom stereocenters. The van der Waals surface area contributed by atoms with Crippen LogP contribution in [0.15, 0.2) is 0 Å². The predicted molar refractivity (Wildman–Crippen MR) is 78.5 cm³/mol. The largest absolute Gasteiger partial charge is 0.395 e. The number of aliphatic hydroxyl groups excluding tert-OH is 4. The van der Waals surface area contributed by atoms with Crippen LogP contribution in [0.25, 0.3) is 0 Å². The molecule has 1 aliphatic rings. The van der Waals surface area contributed by atoms with Crippen LogP contribution in [0.1, 0.15) is 51.9 Å². The van der Waals surface area contributed by atoms with Crippen LogP contribution in [0.5, 0.6) is 0 Å². The second-order valence-electron chi connectivity index (χ2n) is 5.91. The second-order valence-corrected chi connectivity index (χ2v) is 5.91. The molecule has 1 saturated heterocycles. The molecule has 0 amide bonds. The van der Waals surface area contributed by atoms with Crippen molar-refractivity contribution in [2.24, 2.45) is 0 Å². The molecule has 0 spiro atoms. The van der Waals surface area contributed by atoms with Gasteiger partial charge in [-0.15, -0.1) is 0 Å². The van der Waals surface area contributed by atoms with E-state index in [0.29, 0.717) is 6.54 Å². The third-order valence-electron chi connectivity index (χ3n) is 4.26. The van der Waals surface area contributed by atoms with Gasteiger partial charge in [0.2, 0.25) is 0 Å². The lowest BCUT2D eigenvalue weighted by atomic mass is 9.94. The molecule has 120 valence electrons. The molecule has 1 aliphatic heterocycles. The molecule has 0 unspecified atom stereocenters. The van der Waals surface area contributed by atoms with Crippen molar-refractivity contribution in [3.8, 4) is 0 Å². The Kier molecular flexibility index (Phi) is 8.64. The Morgan fingerprint density at radius 2 is 1.50 bits per heavy atom. The summed E-state index contributed by atoms with van der Waals surface area (Å²) in [6.07, 6.45) is 5.29. The quantitative estimate of drug-likeness (QED) is 0.465. The lowest BCUT2D eigenvalue weighted by Gasteiger charge is -2.43. The summed E-state index contributed by atoms with van der Waals surface area (Å²) >= 11 is 0. The van der Waals surface area contributed by atoms with Gasteiger partial charge in [0.15, 0.2) is 0 Å². The number of aliphatic hydroxyl groups is 4. The summed E-state index contributed by atoms with van der Waals surface area (Å²) in [7, 11) is 0. The molecule has 0 aromatic carbocycles. The van der Waals surface area contributed by atoms with Crippen molar-refractivity contribution >= 4 is 0 Å². The minimum atomic E-state index is -1.16. The summed E-state index contributed by atoms with van der Waals surface area (Å²) in [4.78, 5) is 1.90. The van der Waals surface area contributed by atoms with E-state index in [1.165, 1.54) is 32.1 Å². The molecule has 1 fully saturated rings. The van der Waals surface area contributed by atoms with E-state index in [4.69, 9.17) is 0 Å². The van der Waals surface area contributed by atoms with E-state index in [9.17, 15) is 20.4 Å². The Morgan fingerprint density at radius 1 is 0.900 bits per heavy atom. The Hall–Kier alpha value is -0.200. The van der Waals surface area contributed by atoms with Crippen molar-refractivity contribution in [1.29, 1.82) is 0 Å². The first-order chi connectivity index (χ1) is 9.61. The monoisotopic (exact) mass is 289 g/mol. The van der Waals surface area contributed by atoms with Gasteiger partial charge in [0.1, 0.15) is 12.2 Å². The highest BCUT2D eigenvalue weighted by Crippen LogP contribution is 2.19. The number of unbranched alkanes of at least 4 members (excludes halogenated alkanes) is 6. The van der Waals surface area contributed by atoms with E-state index in [1.54, 1.807) is 0 Å². The molecule has 0 saturated carbocycles. The maximum atomic E-state index is 9.87. The van der Waals surface area contributed by atoms with Gasteiger partial charge < -0.3 is 20.4 Å². The first-order valence-corrected chi connectivity index (χ1v) is 8.01. The summed E-state index contributed by atoms with van der Waals surface area (Å²) < 4.78 is 0. The first-order valence-electron chi connectivity index (χ1n) is 8.01. The van der Waals surface area contributed by atoms with Crippen LogP contribution >= 0.6 is 0 Å². The van der Waals surface area contributed by atoms with Crippen LogP contribution in [0.3, 0.4) is 0 Å². The summed E-state index contributed by atoms with van der Waals surface area (Å²) in [5.41, 5.74) is 0. The number of hydrogen-bond donors (Lipinski definition) is 4. The number of likely N-dealkylation sites (tertiary alicyclic amines) is 1. The lowest BCUT2D eigenvalue weighted by Crippen LogP contribution is -2.62. The Labute approximate surface area is 122 Å². The van der Waals surface area contributed by atoms with Crippen molar-refractivity contribution in [3.63, 3.8) is 0 Å². The van der Waals surface area contributed by atoms with Crippen LogP contribution in [0.4, 0.5) is 0 Å². The molecule has 5 nitrogen and oxygen atoms in total. The van der Waals surface area contributed by atoms with E-state index in [0.717, 1.165) is 19.4 Å². The number of nitrogens with zero attached hydrogens (tertiary/aromatic N) is 1. The van der Waals surface area contributed by atoms with Gasteiger partial charge in [-0.1, -0.05) is 45.4 Å². The van der Waals surface area contributed by atoms with Gasteiger partial charge in [0.25, 0.3) is 0 Å². The molecular weight excluding hydrogens is 258 g/mol. The van der Waals surface area contributed by atoms with Gasteiger partial charge in [-0.05, 0) is 13.0 Å². The summed E-state index contributed by atoms with van der Waals surface area (Å²) in [6.45, 7) is 3.08. The molecule has 0 bridgehead atoms. The third kappa shape index (κ3) is 5.30. The normalized spacial score (nSPS) is 31.6. The molecular formula is C15H31NO4. The molecule has 1 heterocycles. The van der Waals surface area contributed by atoms with Crippen molar-refractivity contribution in [1.82, 2.24) is 4.90 Å². The Balaban J connectivity index is 2.24. The second kappa shape index (κ2) is 9.68. The molecule has 5 heteroatoms. The number of β-amino-alcohol motifs (C(OH)–C–C–N with tert-alkyl or cyclic N) is 1. The van der Waals surface area contributed by atoms with E-state index >= 15 is 0 Å². The fraction of sp³-hybridized carbons (Fsp3) is 1.00. The van der Waals surface area contributed by atoms with Crippen LogP contribution in [-0.4, -0.2) is 69.4 Å². The standard InChI is InChI=1S/C15H31NO4/c1-2-3-4-5-6-7-8-9-16-10-13(18)15(20)14(19)12(16)11-17/h12-15,17-20H,2-11H2,1H3/t12-,13-,14-,15-/m0/s1. The SMILES string of the molecule is CCCCCCCCCN1C[C@H](O)[C@H](O)[C@@H](O)[C@@H]1CO. The fourth-order valence-corrected chi connectivity index (χ4v) is 2.91. The Morgan fingerprint density at radius 3 is 2.10 bits per heavy atom. The average molecular weight is 289 g/mol. The van der Waals surface area contributed by atoms with E-state index in [2.05, 4.69) is 6.92 Å². The van der Waals surface area contributed by atoms with Gasteiger partial charge >= 0.3 is 0 Å². The Bertz CT molecular complexity index is 252. The minimum Gasteiger partial charge on any atom is -0.395 e. The van der Waals surface area contributed by atoms with E-state index in [-0.39, 0.29) is 6.61 Å². The maximum absolute atomic E-state index is 9.87. The van der Waals surface area contributed by atoms with E-state index < -0.39 is 24.4 Å². The topological polar surface area (TPSA) is 84.2 Å². The minimum absolute atomic E-state index is 0.193. The highest BCUT2D eigenvalue weighted by molar-refractivity contribution is 4.93. The average Bonchev–Trinajstić information content (AvgIpc) is 2.44. The van der Waals surface area contributed by atoms with Crippen LogP contribution in [0.2, 0.25) is 0 Å². The number of rotatable bonds is 9. The maximum Gasteiger partial charge on any atom is 0.109 e. The smallest absolute Gasteiger partial charge is 0.109 e.